The molecule has 0 fully saturated rings. The maximum atomic E-state index is 3.77. The Bertz CT molecular complexity index is 31.5. The molecule has 0 atom stereocenters. The summed E-state index contributed by atoms with van der Waals surface area (Å²) >= 11 is 0. The van der Waals surface area contributed by atoms with Crippen molar-refractivity contribution in [3.8, 4) is 0 Å². The Morgan fingerprint density at radius 2 is 2.00 bits per heavy atom. The maximum Gasteiger partial charge on any atom is 0.0753 e. The second-order valence-electron chi connectivity index (χ2n) is 2.11. The summed E-state index contributed by atoms with van der Waals surface area (Å²) in [6, 6.07) is 0. The summed E-state index contributed by atoms with van der Waals surface area (Å²) < 4.78 is 0. The summed E-state index contributed by atoms with van der Waals surface area (Å²) in [5.41, 5.74) is 3.77. The van der Waals surface area contributed by atoms with Crippen LogP contribution in [0.5, 0.6) is 0 Å². The molecule has 50 valence electrons. The molecule has 0 unspecified atom stereocenters. The zero-order valence-corrected chi connectivity index (χ0v) is 5.82. The second kappa shape index (κ2) is 6.92. The lowest BCUT2D eigenvalue weighted by Crippen LogP contribution is -2.79. The molecule has 0 aliphatic carbocycles. The minimum Gasteiger partial charge on any atom is -0.358 e. The van der Waals surface area contributed by atoms with E-state index in [0.717, 1.165) is 6.54 Å². The van der Waals surface area contributed by atoms with Crippen molar-refractivity contribution in [3.05, 3.63) is 0 Å². The van der Waals surface area contributed by atoms with E-state index in [9.17, 15) is 0 Å². The molecule has 0 radical (unpaired) electrons. The molecule has 0 heterocycles. The summed E-state index contributed by atoms with van der Waals surface area (Å²) in [5, 5.41) is 2.23. The van der Waals surface area contributed by atoms with Gasteiger partial charge >= 0.3 is 0 Å². The van der Waals surface area contributed by atoms with E-state index in [0.29, 0.717) is 0 Å². The molecule has 5 N–H and O–H groups in total. The molecular weight excluding hydrogens is 100 g/mol. The Morgan fingerprint density at radius 3 is 2.50 bits per heavy atom. The van der Waals surface area contributed by atoms with Crippen LogP contribution in [0.4, 0.5) is 0 Å². The predicted molar refractivity (Wildman–Crippen MR) is 34.3 cm³/mol. The van der Waals surface area contributed by atoms with Crippen molar-refractivity contribution in [2.24, 2.45) is 0 Å². The third-order valence-corrected chi connectivity index (χ3v) is 1.24. The first kappa shape index (κ1) is 7.92. The number of quaternary nitrogens is 2. The number of rotatable bonds is 5. The summed E-state index contributed by atoms with van der Waals surface area (Å²) in [7, 11) is 2.12. The molecule has 0 aromatic rings. The van der Waals surface area contributed by atoms with Gasteiger partial charge in [0.05, 0.1) is 20.1 Å². The van der Waals surface area contributed by atoms with Crippen molar-refractivity contribution in [2.45, 2.75) is 19.3 Å². The first-order valence-corrected chi connectivity index (χ1v) is 3.49. The van der Waals surface area contributed by atoms with E-state index in [2.05, 4.69) is 18.1 Å². The van der Waals surface area contributed by atoms with E-state index in [-0.39, 0.29) is 0 Å². The second-order valence-corrected chi connectivity index (χ2v) is 2.11. The predicted octanol–water partition coefficient (Wildman–Crippen LogP) is -1.41. The topological polar surface area (TPSA) is 44.2 Å². The fraction of sp³-hybridized carbons (Fsp3) is 1.00. The lowest BCUT2D eigenvalue weighted by Gasteiger charge is -1.92. The highest BCUT2D eigenvalue weighted by molar-refractivity contribution is 4.34. The van der Waals surface area contributed by atoms with E-state index in [1.807, 2.05) is 0 Å². The van der Waals surface area contributed by atoms with Crippen LogP contribution in [-0.4, -0.2) is 20.1 Å². The Balaban J connectivity index is 2.53. The molecule has 0 spiro atoms. The largest absolute Gasteiger partial charge is 0.358 e. The number of hydrogen-bond acceptors (Lipinski definition) is 0. The smallest absolute Gasteiger partial charge is 0.0753 e. The molecule has 0 aromatic carbocycles. The molecule has 8 heavy (non-hydrogen) atoms. The number of nitrogens with two attached hydrogens (primary N) is 1. The summed E-state index contributed by atoms with van der Waals surface area (Å²) in [6.45, 7) is 2.38. The van der Waals surface area contributed by atoms with Crippen LogP contribution < -0.4 is 11.1 Å². The van der Waals surface area contributed by atoms with Gasteiger partial charge in [0.1, 0.15) is 0 Å². The van der Waals surface area contributed by atoms with Gasteiger partial charge in [-0.25, -0.2) is 0 Å². The van der Waals surface area contributed by atoms with Crippen LogP contribution >= 0.6 is 0 Å². The fourth-order valence-corrected chi connectivity index (χ4v) is 0.702. The summed E-state index contributed by atoms with van der Waals surface area (Å²) in [5.74, 6) is 0. The maximum absolute atomic E-state index is 3.77. The lowest BCUT2D eigenvalue weighted by atomic mass is 10.2. The van der Waals surface area contributed by atoms with E-state index in [1.54, 1.807) is 0 Å². The molecule has 0 rings (SSSR count). The van der Waals surface area contributed by atoms with Gasteiger partial charge in [0.2, 0.25) is 0 Å². The number of hydrogen-bond donors (Lipinski definition) is 2. The van der Waals surface area contributed by atoms with Crippen LogP contribution in [0.3, 0.4) is 0 Å². The van der Waals surface area contributed by atoms with Gasteiger partial charge in [-0.1, -0.05) is 0 Å². The Hall–Kier alpha value is -0.0800. The molecular formula is C6H18N2+2. The monoisotopic (exact) mass is 118 g/mol. The third kappa shape index (κ3) is 5.92. The average molecular weight is 118 g/mol. The first-order valence-electron chi connectivity index (χ1n) is 3.49. The van der Waals surface area contributed by atoms with Crippen molar-refractivity contribution in [2.75, 3.05) is 20.1 Å². The highest BCUT2D eigenvalue weighted by Crippen LogP contribution is 1.87. The minimum atomic E-state index is 1.10. The van der Waals surface area contributed by atoms with Gasteiger partial charge in [0.25, 0.3) is 0 Å². The molecule has 0 saturated heterocycles. The Labute approximate surface area is 51.5 Å². The quantitative estimate of drug-likeness (QED) is 0.417. The van der Waals surface area contributed by atoms with Crippen LogP contribution in [0.1, 0.15) is 19.3 Å². The molecule has 0 aliphatic rings. The van der Waals surface area contributed by atoms with E-state index in [1.165, 1.54) is 25.8 Å². The minimum absolute atomic E-state index is 1.10. The average Bonchev–Trinajstić information content (AvgIpc) is 1.81. The Morgan fingerprint density at radius 1 is 1.25 bits per heavy atom. The molecule has 0 bridgehead atoms. The van der Waals surface area contributed by atoms with E-state index < -0.39 is 0 Å². The van der Waals surface area contributed by atoms with Gasteiger partial charge in [0.15, 0.2) is 0 Å². The molecule has 0 aliphatic heterocycles. The van der Waals surface area contributed by atoms with Crippen LogP contribution in [0.15, 0.2) is 0 Å². The van der Waals surface area contributed by atoms with Gasteiger partial charge in [0, 0.05) is 0 Å². The molecule has 2 nitrogen and oxygen atoms in total. The van der Waals surface area contributed by atoms with Crippen molar-refractivity contribution in [3.63, 3.8) is 0 Å². The normalized spacial score (nSPS) is 9.75. The van der Waals surface area contributed by atoms with Crippen molar-refractivity contribution in [1.29, 1.82) is 0 Å². The van der Waals surface area contributed by atoms with Gasteiger partial charge in [-0.15, -0.1) is 0 Å². The first-order chi connectivity index (χ1) is 3.91. The van der Waals surface area contributed by atoms with Crippen LogP contribution in [0, 0.1) is 0 Å². The van der Waals surface area contributed by atoms with Gasteiger partial charge in [-0.3, -0.25) is 0 Å². The SMILES string of the molecule is C[NH2+]CCCCC[NH3+]. The van der Waals surface area contributed by atoms with Crippen LogP contribution in [-0.2, 0) is 0 Å². The highest BCUT2D eigenvalue weighted by Gasteiger charge is 1.86. The molecule has 0 saturated carbocycles. The zero-order valence-electron chi connectivity index (χ0n) is 5.82. The van der Waals surface area contributed by atoms with Gasteiger partial charge < -0.3 is 11.1 Å². The van der Waals surface area contributed by atoms with Crippen LogP contribution in [0.25, 0.3) is 0 Å². The van der Waals surface area contributed by atoms with Gasteiger partial charge in [-0.2, -0.15) is 0 Å². The van der Waals surface area contributed by atoms with E-state index in [4.69, 9.17) is 0 Å². The Kier molecular flexibility index (Phi) is 6.85. The summed E-state index contributed by atoms with van der Waals surface area (Å²) in [4.78, 5) is 0. The van der Waals surface area contributed by atoms with E-state index >= 15 is 0 Å². The van der Waals surface area contributed by atoms with Crippen molar-refractivity contribution >= 4 is 0 Å². The zero-order chi connectivity index (χ0) is 6.24. The van der Waals surface area contributed by atoms with Crippen molar-refractivity contribution < 1.29 is 11.1 Å². The third-order valence-electron chi connectivity index (χ3n) is 1.24. The molecule has 0 amide bonds. The lowest BCUT2D eigenvalue weighted by molar-refractivity contribution is -0.627. The number of unbranched alkanes of at least 4 members (excludes halogenated alkanes) is 2. The van der Waals surface area contributed by atoms with Gasteiger partial charge in [-0.05, 0) is 19.3 Å². The molecule has 2 heteroatoms. The van der Waals surface area contributed by atoms with Crippen LogP contribution in [0.2, 0.25) is 0 Å². The summed E-state index contributed by atoms with van der Waals surface area (Å²) in [6.07, 6.45) is 4.01. The highest BCUT2D eigenvalue weighted by atomic mass is 14.8. The standard InChI is InChI=1S/C6H16N2/c1-8-6-4-2-3-5-7/h8H,2-7H2,1H3/p+2. The fourth-order valence-electron chi connectivity index (χ4n) is 0.702. The molecule has 0 aromatic heterocycles. The van der Waals surface area contributed by atoms with Crippen molar-refractivity contribution in [1.82, 2.24) is 0 Å².